The van der Waals surface area contributed by atoms with Crippen molar-refractivity contribution in [2.24, 2.45) is 11.7 Å². The van der Waals surface area contributed by atoms with Crippen molar-refractivity contribution in [2.45, 2.75) is 38.1 Å². The maximum absolute atomic E-state index is 6.32. The monoisotopic (exact) mass is 314 g/mol. The normalized spacial score (nSPS) is 18.4. The topological polar surface area (TPSA) is 29.3 Å². The fraction of sp³-hybridized carbons (Fsp3) is 0.625. The Labute approximate surface area is 132 Å². The Morgan fingerprint density at radius 1 is 1.25 bits per heavy atom. The zero-order valence-electron chi connectivity index (χ0n) is 12.1. The minimum absolute atomic E-state index is 0.142. The number of likely N-dealkylation sites (N-methyl/N-ethyl adjacent to an activating group) is 1. The van der Waals surface area contributed by atoms with Crippen molar-refractivity contribution >= 4 is 23.2 Å². The summed E-state index contributed by atoms with van der Waals surface area (Å²) in [4.78, 5) is 2.34. The van der Waals surface area contributed by atoms with Crippen molar-refractivity contribution in [3.8, 4) is 0 Å². The minimum Gasteiger partial charge on any atom is -0.329 e. The summed E-state index contributed by atoms with van der Waals surface area (Å²) in [6, 6.07) is 5.76. The largest absolute Gasteiger partial charge is 0.329 e. The molecule has 2 rings (SSSR count). The van der Waals surface area contributed by atoms with Crippen LogP contribution in [0, 0.1) is 5.92 Å². The molecule has 0 saturated heterocycles. The van der Waals surface area contributed by atoms with Crippen molar-refractivity contribution in [3.05, 3.63) is 33.8 Å². The van der Waals surface area contributed by atoms with E-state index >= 15 is 0 Å². The van der Waals surface area contributed by atoms with Gasteiger partial charge < -0.3 is 5.73 Å². The molecule has 0 radical (unpaired) electrons. The SMILES string of the molecule is CN(CC1CCCCC1)C(CN)c1cc(Cl)ccc1Cl. The zero-order chi connectivity index (χ0) is 14.5. The summed E-state index contributed by atoms with van der Waals surface area (Å²) in [5.74, 6) is 0.792. The van der Waals surface area contributed by atoms with Gasteiger partial charge in [-0.1, -0.05) is 42.5 Å². The maximum atomic E-state index is 6.32. The number of rotatable bonds is 5. The predicted molar refractivity (Wildman–Crippen MR) is 87.5 cm³/mol. The van der Waals surface area contributed by atoms with Gasteiger partial charge in [0.25, 0.3) is 0 Å². The summed E-state index contributed by atoms with van der Waals surface area (Å²) < 4.78 is 0. The Bertz CT molecular complexity index is 430. The molecular weight excluding hydrogens is 291 g/mol. The smallest absolute Gasteiger partial charge is 0.0482 e. The second-order valence-electron chi connectivity index (χ2n) is 5.86. The van der Waals surface area contributed by atoms with Gasteiger partial charge in [-0.2, -0.15) is 0 Å². The van der Waals surface area contributed by atoms with Crippen LogP contribution in [0.25, 0.3) is 0 Å². The van der Waals surface area contributed by atoms with Gasteiger partial charge in [-0.25, -0.2) is 0 Å². The molecule has 0 bridgehead atoms. The van der Waals surface area contributed by atoms with Gasteiger partial charge in [0.1, 0.15) is 0 Å². The highest BCUT2D eigenvalue weighted by molar-refractivity contribution is 6.33. The molecule has 1 aromatic rings. The van der Waals surface area contributed by atoms with Gasteiger partial charge >= 0.3 is 0 Å². The third-order valence-electron chi connectivity index (χ3n) is 4.34. The van der Waals surface area contributed by atoms with Crippen LogP contribution in [0.1, 0.15) is 43.7 Å². The van der Waals surface area contributed by atoms with Crippen molar-refractivity contribution in [1.82, 2.24) is 4.90 Å². The van der Waals surface area contributed by atoms with Gasteiger partial charge in [0.15, 0.2) is 0 Å². The van der Waals surface area contributed by atoms with Gasteiger partial charge in [0.2, 0.25) is 0 Å². The fourth-order valence-corrected chi connectivity index (χ4v) is 3.64. The molecule has 0 spiro atoms. The van der Waals surface area contributed by atoms with Crippen LogP contribution in [0.15, 0.2) is 18.2 Å². The number of nitrogens with zero attached hydrogens (tertiary/aromatic N) is 1. The van der Waals surface area contributed by atoms with Gasteiger partial charge in [-0.05, 0) is 49.6 Å². The summed E-state index contributed by atoms with van der Waals surface area (Å²) in [7, 11) is 2.14. The van der Waals surface area contributed by atoms with E-state index in [0.717, 1.165) is 23.0 Å². The van der Waals surface area contributed by atoms with E-state index in [1.807, 2.05) is 18.2 Å². The predicted octanol–water partition coefficient (Wildman–Crippen LogP) is 4.51. The summed E-state index contributed by atoms with van der Waals surface area (Å²) in [6.07, 6.45) is 6.80. The summed E-state index contributed by atoms with van der Waals surface area (Å²) in [5.41, 5.74) is 7.03. The number of benzene rings is 1. The maximum Gasteiger partial charge on any atom is 0.0482 e. The molecule has 1 atom stereocenters. The molecule has 0 heterocycles. The molecule has 0 aromatic heterocycles. The second kappa shape index (κ2) is 7.65. The van der Waals surface area contributed by atoms with E-state index in [1.54, 1.807) is 0 Å². The molecule has 0 amide bonds. The Morgan fingerprint density at radius 3 is 2.60 bits per heavy atom. The highest BCUT2D eigenvalue weighted by Gasteiger charge is 2.22. The molecule has 1 fully saturated rings. The van der Waals surface area contributed by atoms with Crippen LogP contribution in [0.4, 0.5) is 0 Å². The Hall–Kier alpha value is -0.280. The highest BCUT2D eigenvalue weighted by atomic mass is 35.5. The average Bonchev–Trinajstić information content (AvgIpc) is 2.44. The third kappa shape index (κ3) is 4.11. The molecule has 1 saturated carbocycles. The van der Waals surface area contributed by atoms with Crippen molar-refractivity contribution in [3.63, 3.8) is 0 Å². The van der Waals surface area contributed by atoms with Crippen LogP contribution in [-0.4, -0.2) is 25.0 Å². The molecule has 2 N–H and O–H groups in total. The number of nitrogens with two attached hydrogens (primary N) is 1. The molecule has 20 heavy (non-hydrogen) atoms. The van der Waals surface area contributed by atoms with E-state index in [-0.39, 0.29) is 6.04 Å². The zero-order valence-corrected chi connectivity index (χ0v) is 13.6. The first-order valence-electron chi connectivity index (χ1n) is 7.47. The fourth-order valence-electron chi connectivity index (χ4n) is 3.22. The summed E-state index contributed by atoms with van der Waals surface area (Å²) in [5, 5.41) is 1.47. The lowest BCUT2D eigenvalue weighted by atomic mass is 9.88. The van der Waals surface area contributed by atoms with Gasteiger partial charge in [-0.3, -0.25) is 4.90 Å². The highest BCUT2D eigenvalue weighted by Crippen LogP contribution is 2.31. The standard InChI is InChI=1S/C16H24Cl2N2/c1-20(11-12-5-3-2-4-6-12)16(10-19)14-9-13(17)7-8-15(14)18/h7-9,12,16H,2-6,10-11,19H2,1H3. The Kier molecular flexibility index (Phi) is 6.16. The van der Waals surface area contributed by atoms with Crippen LogP contribution >= 0.6 is 23.2 Å². The van der Waals surface area contributed by atoms with E-state index in [2.05, 4.69) is 11.9 Å². The third-order valence-corrected chi connectivity index (χ3v) is 4.92. The lowest BCUT2D eigenvalue weighted by Gasteiger charge is -2.33. The van der Waals surface area contributed by atoms with E-state index in [9.17, 15) is 0 Å². The van der Waals surface area contributed by atoms with Gasteiger partial charge in [0, 0.05) is 29.2 Å². The van der Waals surface area contributed by atoms with E-state index in [4.69, 9.17) is 28.9 Å². The second-order valence-corrected chi connectivity index (χ2v) is 6.70. The van der Waals surface area contributed by atoms with Gasteiger partial charge in [-0.15, -0.1) is 0 Å². The molecule has 112 valence electrons. The molecular formula is C16H24Cl2N2. The van der Waals surface area contributed by atoms with Crippen LogP contribution in [0.5, 0.6) is 0 Å². The van der Waals surface area contributed by atoms with Crippen LogP contribution in [0.3, 0.4) is 0 Å². The van der Waals surface area contributed by atoms with Crippen molar-refractivity contribution in [1.29, 1.82) is 0 Å². The van der Waals surface area contributed by atoms with Crippen molar-refractivity contribution < 1.29 is 0 Å². The van der Waals surface area contributed by atoms with Crippen LogP contribution in [0.2, 0.25) is 10.0 Å². The lowest BCUT2D eigenvalue weighted by Crippen LogP contribution is -2.35. The van der Waals surface area contributed by atoms with E-state index in [1.165, 1.54) is 32.1 Å². The first-order valence-corrected chi connectivity index (χ1v) is 8.22. The molecule has 0 aliphatic heterocycles. The molecule has 1 aliphatic rings. The Balaban J connectivity index is 2.07. The summed E-state index contributed by atoms with van der Waals surface area (Å²) >= 11 is 12.4. The molecule has 2 nitrogen and oxygen atoms in total. The Morgan fingerprint density at radius 2 is 1.95 bits per heavy atom. The van der Waals surface area contributed by atoms with E-state index in [0.29, 0.717) is 11.6 Å². The number of hydrogen-bond donors (Lipinski definition) is 1. The molecule has 4 heteroatoms. The molecule has 1 aromatic carbocycles. The average molecular weight is 315 g/mol. The van der Waals surface area contributed by atoms with Crippen LogP contribution in [-0.2, 0) is 0 Å². The number of halogens is 2. The van der Waals surface area contributed by atoms with Crippen LogP contribution < -0.4 is 5.73 Å². The molecule has 1 unspecified atom stereocenters. The van der Waals surface area contributed by atoms with Crippen molar-refractivity contribution in [2.75, 3.05) is 20.1 Å². The van der Waals surface area contributed by atoms with Gasteiger partial charge in [0.05, 0.1) is 0 Å². The number of hydrogen-bond acceptors (Lipinski definition) is 2. The van der Waals surface area contributed by atoms with E-state index < -0.39 is 0 Å². The summed E-state index contributed by atoms with van der Waals surface area (Å²) in [6.45, 7) is 1.65. The minimum atomic E-state index is 0.142. The first-order chi connectivity index (χ1) is 9.61. The quantitative estimate of drug-likeness (QED) is 0.866. The lowest BCUT2D eigenvalue weighted by molar-refractivity contribution is 0.186. The first kappa shape index (κ1) is 16.1. The molecule has 1 aliphatic carbocycles.